The summed E-state index contributed by atoms with van der Waals surface area (Å²) < 4.78 is 24.7. The molecule has 1 amide bonds. The minimum absolute atomic E-state index is 0.0241. The van der Waals surface area contributed by atoms with Crippen LogP contribution in [0.4, 0.5) is 5.69 Å². The Hall–Kier alpha value is -1.96. The van der Waals surface area contributed by atoms with Crippen LogP contribution >= 0.6 is 0 Å². The van der Waals surface area contributed by atoms with Crippen LogP contribution < -0.4 is 5.32 Å². The molecule has 1 aliphatic rings. The molecule has 0 spiro atoms. The maximum absolute atomic E-state index is 12.3. The van der Waals surface area contributed by atoms with E-state index in [0.717, 1.165) is 25.7 Å². The number of sulfone groups is 1. The third-order valence-corrected chi connectivity index (χ3v) is 6.25. The van der Waals surface area contributed by atoms with Crippen LogP contribution in [0.15, 0.2) is 18.2 Å². The molecule has 1 aliphatic carbocycles. The van der Waals surface area contributed by atoms with E-state index >= 15 is 0 Å². The van der Waals surface area contributed by atoms with Crippen molar-refractivity contribution in [2.75, 3.05) is 5.75 Å². The number of nitrogens with one attached hydrogen (secondary N) is 1. The highest BCUT2D eigenvalue weighted by atomic mass is 32.2. The molecule has 0 saturated heterocycles. The largest absolute Gasteiger partial charge is 0.352 e. The van der Waals surface area contributed by atoms with E-state index in [0.29, 0.717) is 17.0 Å². The molecule has 2 unspecified atom stereocenters. The smallest absolute Gasteiger partial charge is 0.272 e. The normalized spacial score (nSPS) is 20.9. The Labute approximate surface area is 147 Å². The van der Waals surface area contributed by atoms with Gasteiger partial charge in [-0.15, -0.1) is 0 Å². The van der Waals surface area contributed by atoms with Crippen molar-refractivity contribution in [1.29, 1.82) is 0 Å². The van der Waals surface area contributed by atoms with E-state index in [1.54, 1.807) is 6.07 Å². The van der Waals surface area contributed by atoms with Gasteiger partial charge < -0.3 is 5.32 Å². The summed E-state index contributed by atoms with van der Waals surface area (Å²) in [5, 5.41) is 13.8. The first-order valence-corrected chi connectivity index (χ1v) is 10.2. The monoisotopic (exact) mass is 368 g/mol. The van der Waals surface area contributed by atoms with Gasteiger partial charge in [0.15, 0.2) is 9.84 Å². The Morgan fingerprint density at radius 2 is 2.00 bits per heavy atom. The third-order valence-electron chi connectivity index (χ3n) is 4.80. The van der Waals surface area contributed by atoms with Crippen LogP contribution in [-0.2, 0) is 20.4 Å². The number of carbonyl (C=O) groups excluding carboxylic acids is 1. The van der Waals surface area contributed by atoms with Gasteiger partial charge in [0.1, 0.15) is 5.75 Å². The lowest BCUT2D eigenvalue weighted by molar-refractivity contribution is -0.385. The number of nitro benzene ring substituents is 1. The Balaban J connectivity index is 2.03. The number of nitro groups is 1. The van der Waals surface area contributed by atoms with Crippen molar-refractivity contribution in [1.82, 2.24) is 5.32 Å². The van der Waals surface area contributed by atoms with Gasteiger partial charge in [0.25, 0.3) is 5.69 Å². The van der Waals surface area contributed by atoms with Gasteiger partial charge in [-0.05, 0) is 31.2 Å². The van der Waals surface area contributed by atoms with Gasteiger partial charge in [-0.2, -0.15) is 0 Å². The lowest BCUT2D eigenvalue weighted by Crippen LogP contribution is -2.43. The van der Waals surface area contributed by atoms with Crippen LogP contribution in [0.2, 0.25) is 0 Å². The zero-order valence-electron chi connectivity index (χ0n) is 14.5. The van der Waals surface area contributed by atoms with E-state index in [1.165, 1.54) is 19.1 Å². The van der Waals surface area contributed by atoms with E-state index < -0.39 is 26.4 Å². The highest BCUT2D eigenvalue weighted by Gasteiger charge is 2.26. The zero-order valence-corrected chi connectivity index (χ0v) is 15.3. The first-order chi connectivity index (χ1) is 11.7. The van der Waals surface area contributed by atoms with Crippen LogP contribution in [0.5, 0.6) is 0 Å². The number of rotatable bonds is 6. The molecule has 0 bridgehead atoms. The zero-order chi connectivity index (χ0) is 18.6. The molecular weight excluding hydrogens is 344 g/mol. The first kappa shape index (κ1) is 19.4. The lowest BCUT2D eigenvalue weighted by Gasteiger charge is -2.29. The van der Waals surface area contributed by atoms with Crippen molar-refractivity contribution in [3.63, 3.8) is 0 Å². The number of benzene rings is 1. The Kier molecular flexibility index (Phi) is 6.16. The van der Waals surface area contributed by atoms with Crippen LogP contribution in [0.1, 0.15) is 43.7 Å². The number of carbonyl (C=O) groups is 1. The maximum atomic E-state index is 12.3. The molecule has 0 heterocycles. The second-order valence-corrected chi connectivity index (χ2v) is 8.85. The van der Waals surface area contributed by atoms with Gasteiger partial charge in [-0.3, -0.25) is 14.9 Å². The highest BCUT2D eigenvalue weighted by molar-refractivity contribution is 7.91. The summed E-state index contributed by atoms with van der Waals surface area (Å²) in [7, 11) is -3.70. The summed E-state index contributed by atoms with van der Waals surface area (Å²) in [6.45, 7) is 3.58. The maximum Gasteiger partial charge on any atom is 0.272 e. The molecule has 1 fully saturated rings. The molecule has 1 aromatic rings. The number of nitrogens with zero attached hydrogens (tertiary/aromatic N) is 1. The fraction of sp³-hybridized carbons (Fsp3) is 0.588. The van der Waals surface area contributed by atoms with E-state index in [9.17, 15) is 23.3 Å². The Morgan fingerprint density at radius 1 is 1.32 bits per heavy atom. The molecule has 0 aromatic heterocycles. The average molecular weight is 368 g/mol. The average Bonchev–Trinajstić information content (AvgIpc) is 2.50. The summed E-state index contributed by atoms with van der Waals surface area (Å²) >= 11 is 0. The third kappa shape index (κ3) is 5.26. The fourth-order valence-electron chi connectivity index (χ4n) is 3.29. The van der Waals surface area contributed by atoms with Gasteiger partial charge in [0.05, 0.1) is 10.7 Å². The van der Waals surface area contributed by atoms with Crippen molar-refractivity contribution in [2.45, 2.75) is 51.3 Å². The lowest BCUT2D eigenvalue weighted by atomic mass is 9.86. The second-order valence-electron chi connectivity index (χ2n) is 6.79. The molecule has 1 aromatic carbocycles. The summed E-state index contributed by atoms with van der Waals surface area (Å²) in [6, 6.07) is 4.36. The number of hydrogen-bond donors (Lipinski definition) is 1. The Bertz CT molecular complexity index is 760. The first-order valence-electron chi connectivity index (χ1n) is 8.42. The number of amides is 1. The molecular formula is C17H24N2O5S. The molecule has 7 nitrogen and oxygen atoms in total. The molecule has 138 valence electrons. The molecule has 25 heavy (non-hydrogen) atoms. The molecule has 8 heteroatoms. The Morgan fingerprint density at radius 3 is 2.64 bits per heavy atom. The topological polar surface area (TPSA) is 106 Å². The van der Waals surface area contributed by atoms with E-state index in [1.807, 2.05) is 0 Å². The predicted octanol–water partition coefficient (Wildman–Crippen LogP) is 2.51. The fourth-order valence-corrected chi connectivity index (χ4v) is 4.66. The molecule has 2 atom stereocenters. The van der Waals surface area contributed by atoms with E-state index in [4.69, 9.17) is 0 Å². The SMILES string of the molecule is Cc1c(CS(=O)(=O)CC(=O)NC2CCCCC2C)cccc1[N+](=O)[O-]. The van der Waals surface area contributed by atoms with Crippen molar-refractivity contribution in [3.05, 3.63) is 39.4 Å². The van der Waals surface area contributed by atoms with Gasteiger partial charge >= 0.3 is 0 Å². The molecule has 2 rings (SSSR count). The highest BCUT2D eigenvalue weighted by Crippen LogP contribution is 2.24. The predicted molar refractivity (Wildman–Crippen MR) is 94.9 cm³/mol. The molecule has 0 aliphatic heterocycles. The van der Waals surface area contributed by atoms with Gasteiger partial charge in [-0.25, -0.2) is 8.42 Å². The van der Waals surface area contributed by atoms with E-state index in [2.05, 4.69) is 12.2 Å². The van der Waals surface area contributed by atoms with Crippen molar-refractivity contribution >= 4 is 21.4 Å². The molecule has 1 saturated carbocycles. The standard InChI is InChI=1S/C17H24N2O5S/c1-12-6-3-4-8-15(12)18-17(20)11-25(23,24)10-14-7-5-9-16(13(14)2)19(21)22/h5,7,9,12,15H,3-4,6,8,10-11H2,1-2H3,(H,18,20). The summed E-state index contributed by atoms with van der Waals surface area (Å²) in [6.07, 6.45) is 4.08. The van der Waals surface area contributed by atoms with Gasteiger partial charge in [0.2, 0.25) is 5.91 Å². The molecule has 1 N–H and O–H groups in total. The summed E-state index contributed by atoms with van der Waals surface area (Å²) in [5.41, 5.74) is 0.554. The van der Waals surface area contributed by atoms with Crippen LogP contribution in [0, 0.1) is 23.0 Å². The number of hydrogen-bond acceptors (Lipinski definition) is 5. The quantitative estimate of drug-likeness (QED) is 0.613. The molecule has 0 radical (unpaired) electrons. The van der Waals surface area contributed by atoms with Gasteiger partial charge in [-0.1, -0.05) is 31.9 Å². The van der Waals surface area contributed by atoms with Crippen molar-refractivity contribution < 1.29 is 18.1 Å². The summed E-state index contributed by atoms with van der Waals surface area (Å²) in [5.74, 6) is -1.13. The van der Waals surface area contributed by atoms with Crippen LogP contribution in [0.25, 0.3) is 0 Å². The summed E-state index contributed by atoms with van der Waals surface area (Å²) in [4.78, 5) is 22.5. The second kappa shape index (κ2) is 7.95. The minimum Gasteiger partial charge on any atom is -0.352 e. The van der Waals surface area contributed by atoms with E-state index in [-0.39, 0.29) is 17.5 Å². The minimum atomic E-state index is -3.70. The van der Waals surface area contributed by atoms with Crippen molar-refractivity contribution in [3.8, 4) is 0 Å². The van der Waals surface area contributed by atoms with Gasteiger partial charge in [0, 0.05) is 17.7 Å². The van der Waals surface area contributed by atoms with Crippen molar-refractivity contribution in [2.24, 2.45) is 5.92 Å². The van der Waals surface area contributed by atoms with Crippen LogP contribution in [-0.4, -0.2) is 31.0 Å². The van der Waals surface area contributed by atoms with Crippen LogP contribution in [0.3, 0.4) is 0 Å².